The van der Waals surface area contributed by atoms with E-state index in [1.54, 1.807) is 0 Å². The molecule has 0 aliphatic carbocycles. The van der Waals surface area contributed by atoms with Crippen molar-refractivity contribution in [3.63, 3.8) is 0 Å². The lowest BCUT2D eigenvalue weighted by Crippen LogP contribution is -2.38. The van der Waals surface area contributed by atoms with E-state index in [-0.39, 0.29) is 12.4 Å². The Morgan fingerprint density at radius 1 is 1.28 bits per heavy atom. The van der Waals surface area contributed by atoms with Crippen molar-refractivity contribution in [1.29, 1.82) is 0 Å². The lowest BCUT2D eigenvalue weighted by atomic mass is 9.99. The van der Waals surface area contributed by atoms with Gasteiger partial charge in [0.25, 0.3) is 0 Å². The van der Waals surface area contributed by atoms with Gasteiger partial charge in [-0.2, -0.15) is 0 Å². The van der Waals surface area contributed by atoms with Crippen LogP contribution in [-0.2, 0) is 6.54 Å². The number of piperidine rings is 1. The Bertz CT molecular complexity index is 310. The zero-order chi connectivity index (χ0) is 11.9. The number of halogens is 1. The summed E-state index contributed by atoms with van der Waals surface area (Å²) in [4.78, 5) is 2.56. The second-order valence-corrected chi connectivity index (χ2v) is 5.03. The molecule has 0 saturated carbocycles. The van der Waals surface area contributed by atoms with Crippen molar-refractivity contribution in [3.8, 4) is 0 Å². The van der Waals surface area contributed by atoms with Gasteiger partial charge in [0.2, 0.25) is 0 Å². The van der Waals surface area contributed by atoms with Crippen molar-refractivity contribution >= 4 is 12.4 Å². The van der Waals surface area contributed by atoms with Crippen LogP contribution in [0.4, 0.5) is 0 Å². The van der Waals surface area contributed by atoms with Gasteiger partial charge < -0.3 is 5.32 Å². The maximum Gasteiger partial charge on any atom is 0.0233 e. The van der Waals surface area contributed by atoms with Crippen LogP contribution >= 0.6 is 12.4 Å². The minimum atomic E-state index is 0. The van der Waals surface area contributed by atoms with E-state index in [9.17, 15) is 0 Å². The van der Waals surface area contributed by atoms with Gasteiger partial charge in [-0.05, 0) is 44.0 Å². The molecular formula is C15H25ClN2. The molecule has 2 nitrogen and oxygen atoms in total. The maximum absolute atomic E-state index is 3.50. The molecule has 1 fully saturated rings. The fraction of sp³-hybridized carbons (Fsp3) is 0.600. The highest BCUT2D eigenvalue weighted by Crippen LogP contribution is 2.13. The summed E-state index contributed by atoms with van der Waals surface area (Å²) >= 11 is 0. The third kappa shape index (κ3) is 4.97. The average Bonchev–Trinajstić information content (AvgIpc) is 2.40. The number of rotatable bonds is 5. The van der Waals surface area contributed by atoms with Crippen LogP contribution in [0.5, 0.6) is 0 Å². The first kappa shape index (κ1) is 15.5. The zero-order valence-corrected chi connectivity index (χ0v) is 12.1. The molecule has 0 radical (unpaired) electrons. The van der Waals surface area contributed by atoms with E-state index in [0.717, 1.165) is 19.0 Å². The molecule has 1 aliphatic heterocycles. The first-order chi connectivity index (χ1) is 8.38. The summed E-state index contributed by atoms with van der Waals surface area (Å²) < 4.78 is 0. The highest BCUT2D eigenvalue weighted by atomic mass is 35.5. The van der Waals surface area contributed by atoms with Crippen LogP contribution in [0.2, 0.25) is 0 Å². The Morgan fingerprint density at radius 3 is 2.67 bits per heavy atom. The van der Waals surface area contributed by atoms with Crippen molar-refractivity contribution < 1.29 is 0 Å². The van der Waals surface area contributed by atoms with Crippen LogP contribution in [0.3, 0.4) is 0 Å². The lowest BCUT2D eigenvalue weighted by molar-refractivity contribution is 0.209. The van der Waals surface area contributed by atoms with Gasteiger partial charge in [-0.25, -0.2) is 0 Å². The van der Waals surface area contributed by atoms with Crippen LogP contribution in [0.25, 0.3) is 0 Å². The zero-order valence-electron chi connectivity index (χ0n) is 11.3. The molecule has 0 amide bonds. The molecule has 2 rings (SSSR count). The molecule has 3 heteroatoms. The van der Waals surface area contributed by atoms with Gasteiger partial charge in [0.1, 0.15) is 0 Å². The number of hydrogen-bond acceptors (Lipinski definition) is 2. The van der Waals surface area contributed by atoms with E-state index in [1.165, 1.54) is 38.0 Å². The van der Waals surface area contributed by atoms with Gasteiger partial charge in [-0.3, -0.25) is 4.90 Å². The summed E-state index contributed by atoms with van der Waals surface area (Å²) in [6.07, 6.45) is 2.73. The predicted octanol–water partition coefficient (Wildman–Crippen LogP) is 2.93. The molecule has 0 bridgehead atoms. The fourth-order valence-electron chi connectivity index (χ4n) is 2.59. The Morgan fingerprint density at radius 2 is 2.06 bits per heavy atom. The second-order valence-electron chi connectivity index (χ2n) is 5.03. The molecule has 1 aromatic carbocycles. The third-order valence-corrected chi connectivity index (χ3v) is 3.61. The van der Waals surface area contributed by atoms with E-state index >= 15 is 0 Å². The Hall–Kier alpha value is -0.570. The first-order valence-electron chi connectivity index (χ1n) is 6.85. The monoisotopic (exact) mass is 268 g/mol. The predicted molar refractivity (Wildman–Crippen MR) is 80.2 cm³/mol. The van der Waals surface area contributed by atoms with Gasteiger partial charge in [0.15, 0.2) is 0 Å². The van der Waals surface area contributed by atoms with Gasteiger partial charge in [0, 0.05) is 13.1 Å². The van der Waals surface area contributed by atoms with Crippen molar-refractivity contribution in [1.82, 2.24) is 10.2 Å². The van der Waals surface area contributed by atoms with Crippen molar-refractivity contribution in [3.05, 3.63) is 35.9 Å². The minimum Gasteiger partial charge on any atom is -0.316 e. The lowest BCUT2D eigenvalue weighted by Gasteiger charge is -2.29. The molecule has 18 heavy (non-hydrogen) atoms. The van der Waals surface area contributed by atoms with Crippen LogP contribution < -0.4 is 5.32 Å². The van der Waals surface area contributed by atoms with E-state index in [4.69, 9.17) is 0 Å². The van der Waals surface area contributed by atoms with Gasteiger partial charge in [-0.1, -0.05) is 37.3 Å². The summed E-state index contributed by atoms with van der Waals surface area (Å²) in [5.74, 6) is 0.840. The van der Waals surface area contributed by atoms with Crippen molar-refractivity contribution in [2.24, 2.45) is 5.92 Å². The Labute approximate surface area is 117 Å². The third-order valence-electron chi connectivity index (χ3n) is 3.61. The Kier molecular flexibility index (Phi) is 7.33. The van der Waals surface area contributed by atoms with Crippen LogP contribution in [-0.4, -0.2) is 31.1 Å². The summed E-state index contributed by atoms with van der Waals surface area (Å²) in [7, 11) is 0. The number of nitrogens with one attached hydrogen (secondary N) is 1. The fourth-order valence-corrected chi connectivity index (χ4v) is 2.59. The van der Waals surface area contributed by atoms with E-state index in [0.29, 0.717) is 0 Å². The van der Waals surface area contributed by atoms with Crippen molar-refractivity contribution in [2.45, 2.75) is 26.3 Å². The molecule has 1 heterocycles. The molecule has 1 aliphatic rings. The first-order valence-corrected chi connectivity index (χ1v) is 6.85. The molecule has 1 aromatic rings. The highest BCUT2D eigenvalue weighted by Gasteiger charge is 2.16. The quantitative estimate of drug-likeness (QED) is 0.883. The summed E-state index contributed by atoms with van der Waals surface area (Å²) in [6, 6.07) is 10.8. The van der Waals surface area contributed by atoms with Crippen LogP contribution in [0.1, 0.15) is 25.3 Å². The molecule has 1 unspecified atom stereocenters. The van der Waals surface area contributed by atoms with Gasteiger partial charge in [0.05, 0.1) is 0 Å². The van der Waals surface area contributed by atoms with Crippen LogP contribution in [0.15, 0.2) is 30.3 Å². The summed E-state index contributed by atoms with van der Waals surface area (Å²) in [5.41, 5.74) is 1.43. The maximum atomic E-state index is 3.50. The highest BCUT2D eigenvalue weighted by molar-refractivity contribution is 5.85. The molecular weight excluding hydrogens is 244 g/mol. The summed E-state index contributed by atoms with van der Waals surface area (Å²) in [5, 5.41) is 3.50. The number of hydrogen-bond donors (Lipinski definition) is 1. The summed E-state index contributed by atoms with van der Waals surface area (Å²) in [6.45, 7) is 8.14. The van der Waals surface area contributed by atoms with E-state index in [2.05, 4.69) is 47.5 Å². The molecule has 1 N–H and O–H groups in total. The second kappa shape index (κ2) is 8.52. The molecule has 1 saturated heterocycles. The van der Waals surface area contributed by atoms with E-state index < -0.39 is 0 Å². The van der Waals surface area contributed by atoms with E-state index in [1.807, 2.05) is 0 Å². The topological polar surface area (TPSA) is 15.3 Å². The Balaban J connectivity index is 0.00000162. The van der Waals surface area contributed by atoms with Crippen LogP contribution in [0, 0.1) is 5.92 Å². The molecule has 0 aromatic heterocycles. The number of benzene rings is 1. The minimum absolute atomic E-state index is 0. The standard InChI is InChI=1S/C15H24N2.ClH/c1-2-17(12-14-7-4-3-5-8-14)13-15-9-6-10-16-11-15;/h3-5,7-8,15-16H,2,6,9-13H2,1H3;1H. The molecule has 102 valence electrons. The largest absolute Gasteiger partial charge is 0.316 e. The average molecular weight is 269 g/mol. The normalized spacial score (nSPS) is 19.6. The SMILES string of the molecule is CCN(Cc1ccccc1)CC1CCCNC1.Cl. The van der Waals surface area contributed by atoms with Crippen molar-refractivity contribution in [2.75, 3.05) is 26.2 Å². The smallest absolute Gasteiger partial charge is 0.0233 e. The van der Waals surface area contributed by atoms with Gasteiger partial charge >= 0.3 is 0 Å². The molecule has 1 atom stereocenters. The molecule has 0 spiro atoms. The van der Waals surface area contributed by atoms with Gasteiger partial charge in [-0.15, -0.1) is 12.4 Å². The number of nitrogens with zero attached hydrogens (tertiary/aromatic N) is 1.